The molecule has 2 nitrogen and oxygen atoms in total. The Bertz CT molecular complexity index is 518. The molecule has 0 aliphatic carbocycles. The summed E-state index contributed by atoms with van der Waals surface area (Å²) in [5.74, 6) is 5.23. The Morgan fingerprint density at radius 3 is 2.95 bits per heavy atom. The third kappa shape index (κ3) is 4.56. The van der Waals surface area contributed by atoms with Gasteiger partial charge < -0.3 is 5.11 Å². The van der Waals surface area contributed by atoms with Crippen LogP contribution in [0, 0.1) is 17.7 Å². The molecule has 1 aromatic rings. The predicted molar refractivity (Wildman–Crippen MR) is 83.3 cm³/mol. The number of aliphatic hydroxyl groups excluding tert-OH is 1. The number of nitrogens with zero attached hydrogens (tertiary/aromatic N) is 1. The summed E-state index contributed by atoms with van der Waals surface area (Å²) in [7, 11) is 0. The molecule has 1 aliphatic rings. The van der Waals surface area contributed by atoms with Gasteiger partial charge in [-0.1, -0.05) is 37.7 Å². The van der Waals surface area contributed by atoms with Gasteiger partial charge in [-0.3, -0.25) is 4.90 Å². The standard InChI is InChI=1S/C18H24FNO/c1-2-18-8-4-3-5-11-20(18)14-16-9-10-17(19)13-15(16)7-6-12-21/h9-10,13,18,21H,2-5,8,11-12,14H2,1H3. The molecule has 0 aromatic heterocycles. The zero-order valence-corrected chi connectivity index (χ0v) is 12.7. The van der Waals surface area contributed by atoms with Gasteiger partial charge in [0.25, 0.3) is 0 Å². The second-order valence-electron chi connectivity index (χ2n) is 5.64. The summed E-state index contributed by atoms with van der Waals surface area (Å²) >= 11 is 0. The van der Waals surface area contributed by atoms with Gasteiger partial charge in [0.15, 0.2) is 0 Å². The molecule has 0 amide bonds. The Balaban J connectivity index is 2.20. The predicted octanol–water partition coefficient (Wildman–Crippen LogP) is 3.32. The summed E-state index contributed by atoms with van der Waals surface area (Å²) in [6, 6.07) is 5.40. The van der Waals surface area contributed by atoms with Crippen LogP contribution in [0.15, 0.2) is 18.2 Å². The average Bonchev–Trinajstić information content (AvgIpc) is 2.72. The van der Waals surface area contributed by atoms with Crippen LogP contribution in [0.5, 0.6) is 0 Å². The summed E-state index contributed by atoms with van der Waals surface area (Å²) in [5.41, 5.74) is 1.75. The fraction of sp³-hybridized carbons (Fsp3) is 0.556. The monoisotopic (exact) mass is 289 g/mol. The van der Waals surface area contributed by atoms with Crippen LogP contribution < -0.4 is 0 Å². The van der Waals surface area contributed by atoms with Crippen LogP contribution in [-0.2, 0) is 6.54 Å². The van der Waals surface area contributed by atoms with E-state index in [4.69, 9.17) is 5.11 Å². The molecule has 1 saturated heterocycles. The lowest BCUT2D eigenvalue weighted by Crippen LogP contribution is -2.34. The van der Waals surface area contributed by atoms with Crippen molar-refractivity contribution in [1.82, 2.24) is 4.90 Å². The summed E-state index contributed by atoms with van der Waals surface area (Å²) in [6.07, 6.45) is 6.23. The van der Waals surface area contributed by atoms with E-state index in [9.17, 15) is 4.39 Å². The van der Waals surface area contributed by atoms with E-state index in [0.717, 1.165) is 25.1 Å². The first-order chi connectivity index (χ1) is 10.2. The molecule has 1 aromatic carbocycles. The first kappa shape index (κ1) is 16.0. The van der Waals surface area contributed by atoms with Crippen LogP contribution in [0.3, 0.4) is 0 Å². The lowest BCUT2D eigenvalue weighted by atomic mass is 10.0. The fourth-order valence-electron chi connectivity index (χ4n) is 3.06. The SMILES string of the molecule is CCC1CCCCCN1Cc1ccc(F)cc1C#CCO. The Hall–Kier alpha value is -1.37. The van der Waals surface area contributed by atoms with Crippen molar-refractivity contribution < 1.29 is 9.50 Å². The first-order valence-electron chi connectivity index (χ1n) is 7.86. The lowest BCUT2D eigenvalue weighted by Gasteiger charge is -2.29. The zero-order chi connectivity index (χ0) is 15.1. The van der Waals surface area contributed by atoms with Gasteiger partial charge >= 0.3 is 0 Å². The number of likely N-dealkylation sites (tertiary alicyclic amines) is 1. The van der Waals surface area contributed by atoms with Gasteiger partial charge in [-0.25, -0.2) is 4.39 Å². The molecule has 1 aliphatic heterocycles. The largest absolute Gasteiger partial charge is 0.384 e. The minimum absolute atomic E-state index is 0.197. The molecule has 0 spiro atoms. The van der Waals surface area contributed by atoms with Crippen molar-refractivity contribution in [1.29, 1.82) is 0 Å². The number of rotatable bonds is 3. The number of benzene rings is 1. The molecule has 2 rings (SSSR count). The number of hydrogen-bond donors (Lipinski definition) is 1. The normalized spacial score (nSPS) is 19.7. The van der Waals surface area contributed by atoms with Crippen LogP contribution in [0.2, 0.25) is 0 Å². The lowest BCUT2D eigenvalue weighted by molar-refractivity contribution is 0.186. The van der Waals surface area contributed by atoms with Crippen molar-refractivity contribution in [3.05, 3.63) is 35.1 Å². The summed E-state index contributed by atoms with van der Waals surface area (Å²) in [5, 5.41) is 8.85. The maximum Gasteiger partial charge on any atom is 0.124 e. The van der Waals surface area contributed by atoms with Crippen molar-refractivity contribution in [2.75, 3.05) is 13.2 Å². The zero-order valence-electron chi connectivity index (χ0n) is 12.7. The first-order valence-corrected chi connectivity index (χ1v) is 7.86. The van der Waals surface area contributed by atoms with Crippen molar-refractivity contribution in [3.8, 4) is 11.8 Å². The van der Waals surface area contributed by atoms with Gasteiger partial charge in [-0.05, 0) is 43.5 Å². The van der Waals surface area contributed by atoms with Crippen molar-refractivity contribution in [3.63, 3.8) is 0 Å². The quantitative estimate of drug-likeness (QED) is 0.863. The molecule has 3 heteroatoms. The molecular formula is C18H24FNO. The molecule has 1 heterocycles. The smallest absolute Gasteiger partial charge is 0.124 e. The molecular weight excluding hydrogens is 265 g/mol. The van der Waals surface area contributed by atoms with Gasteiger partial charge in [-0.15, -0.1) is 0 Å². The van der Waals surface area contributed by atoms with Crippen molar-refractivity contribution >= 4 is 0 Å². The van der Waals surface area contributed by atoms with Gasteiger partial charge in [0.05, 0.1) is 0 Å². The van der Waals surface area contributed by atoms with E-state index in [1.165, 1.54) is 37.8 Å². The Kier molecular flexibility index (Phi) is 6.22. The molecule has 0 bridgehead atoms. The van der Waals surface area contributed by atoms with E-state index >= 15 is 0 Å². The fourth-order valence-corrected chi connectivity index (χ4v) is 3.06. The molecule has 1 unspecified atom stereocenters. The van der Waals surface area contributed by atoms with E-state index in [2.05, 4.69) is 23.7 Å². The van der Waals surface area contributed by atoms with E-state index in [0.29, 0.717) is 11.6 Å². The summed E-state index contributed by atoms with van der Waals surface area (Å²) in [6.45, 7) is 3.95. The molecule has 21 heavy (non-hydrogen) atoms. The van der Waals surface area contributed by atoms with Gasteiger partial charge in [0.2, 0.25) is 0 Å². The Morgan fingerprint density at radius 1 is 1.33 bits per heavy atom. The average molecular weight is 289 g/mol. The maximum atomic E-state index is 13.4. The van der Waals surface area contributed by atoms with E-state index in [1.807, 2.05) is 6.07 Å². The van der Waals surface area contributed by atoms with Crippen LogP contribution >= 0.6 is 0 Å². The van der Waals surface area contributed by atoms with Crippen molar-refractivity contribution in [2.24, 2.45) is 0 Å². The van der Waals surface area contributed by atoms with Gasteiger partial charge in [0.1, 0.15) is 12.4 Å². The van der Waals surface area contributed by atoms with Crippen molar-refractivity contribution in [2.45, 2.75) is 51.6 Å². The minimum atomic E-state index is -0.274. The van der Waals surface area contributed by atoms with Crippen LogP contribution in [0.1, 0.15) is 50.2 Å². The highest BCUT2D eigenvalue weighted by Crippen LogP contribution is 2.22. The molecule has 114 valence electrons. The van der Waals surface area contributed by atoms with Gasteiger partial charge in [0, 0.05) is 18.2 Å². The topological polar surface area (TPSA) is 23.5 Å². The number of aliphatic hydroxyl groups is 1. The second kappa shape index (κ2) is 8.17. The highest BCUT2D eigenvalue weighted by Gasteiger charge is 2.20. The van der Waals surface area contributed by atoms with Gasteiger partial charge in [-0.2, -0.15) is 0 Å². The summed E-state index contributed by atoms with van der Waals surface area (Å²) in [4.78, 5) is 2.50. The van der Waals surface area contributed by atoms with Crippen LogP contribution in [0.4, 0.5) is 4.39 Å². The highest BCUT2D eigenvalue weighted by atomic mass is 19.1. The van der Waals surface area contributed by atoms with Crippen LogP contribution in [-0.4, -0.2) is 29.2 Å². The molecule has 1 fully saturated rings. The van der Waals surface area contributed by atoms with E-state index in [-0.39, 0.29) is 12.4 Å². The molecule has 1 N–H and O–H groups in total. The third-order valence-electron chi connectivity index (χ3n) is 4.22. The third-order valence-corrected chi connectivity index (χ3v) is 4.22. The maximum absolute atomic E-state index is 13.4. The van der Waals surface area contributed by atoms with Crippen LogP contribution in [0.25, 0.3) is 0 Å². The summed E-state index contributed by atoms with van der Waals surface area (Å²) < 4.78 is 13.4. The molecule has 1 atom stereocenters. The minimum Gasteiger partial charge on any atom is -0.384 e. The number of hydrogen-bond acceptors (Lipinski definition) is 2. The molecule has 0 radical (unpaired) electrons. The highest BCUT2D eigenvalue weighted by molar-refractivity contribution is 5.41. The second-order valence-corrected chi connectivity index (χ2v) is 5.64. The van der Waals surface area contributed by atoms with E-state index in [1.54, 1.807) is 0 Å². The Labute approximate surface area is 127 Å². The molecule has 0 saturated carbocycles. The van der Waals surface area contributed by atoms with E-state index < -0.39 is 0 Å². The Morgan fingerprint density at radius 2 is 2.19 bits per heavy atom. The number of halogens is 1.